The van der Waals surface area contributed by atoms with Gasteiger partial charge in [0.05, 0.1) is 11.6 Å². The molecule has 2 aromatic carbocycles. The van der Waals surface area contributed by atoms with Crippen molar-refractivity contribution in [3.63, 3.8) is 0 Å². The maximum absolute atomic E-state index is 13.2. The third-order valence-corrected chi connectivity index (χ3v) is 6.57. The molecule has 1 amide bonds. The minimum Gasteiger partial charge on any atom is -0.507 e. The molecule has 32 heavy (non-hydrogen) atoms. The molecule has 9 heteroatoms. The first kappa shape index (κ1) is 20.7. The molecule has 1 N–H and O–H groups in total. The average Bonchev–Trinajstić information content (AvgIpc) is 3.42. The van der Waals surface area contributed by atoms with E-state index in [0.717, 1.165) is 11.3 Å². The number of ketones is 1. The molecule has 2 aliphatic rings. The van der Waals surface area contributed by atoms with Crippen LogP contribution in [0.2, 0.25) is 5.02 Å². The number of ether oxygens (including phenoxy) is 1. The van der Waals surface area contributed by atoms with Crippen LogP contribution in [0.4, 0.5) is 5.13 Å². The SMILES string of the molecule is Cc1nnc(N2C(=O)C(=O)/C(=C(/O)c3ccc4c(c3)C[C@H](C)O4)[C@@H]2c2cccc(Cl)c2)s1. The molecular formula is C23H18ClN3O4S. The number of anilines is 1. The highest BCUT2D eigenvalue weighted by Crippen LogP contribution is 2.44. The summed E-state index contributed by atoms with van der Waals surface area (Å²) < 4.78 is 5.73. The zero-order valence-electron chi connectivity index (χ0n) is 17.2. The molecule has 3 heterocycles. The molecule has 2 aliphatic heterocycles. The van der Waals surface area contributed by atoms with Gasteiger partial charge in [0.25, 0.3) is 5.78 Å². The first-order chi connectivity index (χ1) is 15.3. The number of aryl methyl sites for hydroxylation is 1. The second-order valence-corrected chi connectivity index (χ2v) is 9.38. The number of rotatable bonds is 3. The van der Waals surface area contributed by atoms with Gasteiger partial charge in [-0.3, -0.25) is 14.5 Å². The lowest BCUT2D eigenvalue weighted by Crippen LogP contribution is -2.29. The first-order valence-electron chi connectivity index (χ1n) is 10.00. The maximum atomic E-state index is 13.2. The van der Waals surface area contributed by atoms with Crippen LogP contribution < -0.4 is 9.64 Å². The Morgan fingerprint density at radius 3 is 2.75 bits per heavy atom. The number of aliphatic hydroxyl groups excluding tert-OH is 1. The lowest BCUT2D eigenvalue weighted by Gasteiger charge is -2.22. The van der Waals surface area contributed by atoms with E-state index < -0.39 is 17.7 Å². The number of halogens is 1. The number of amides is 1. The quantitative estimate of drug-likeness (QED) is 0.347. The van der Waals surface area contributed by atoms with Crippen LogP contribution in [0.1, 0.15) is 34.7 Å². The van der Waals surface area contributed by atoms with Crippen molar-refractivity contribution in [2.24, 2.45) is 0 Å². The highest BCUT2D eigenvalue weighted by Gasteiger charge is 2.48. The van der Waals surface area contributed by atoms with Gasteiger partial charge in [-0.05, 0) is 55.3 Å². The van der Waals surface area contributed by atoms with Crippen molar-refractivity contribution in [2.75, 3.05) is 4.90 Å². The van der Waals surface area contributed by atoms with Crippen LogP contribution in [-0.2, 0) is 16.0 Å². The van der Waals surface area contributed by atoms with E-state index >= 15 is 0 Å². The minimum absolute atomic E-state index is 0.0166. The number of nitrogens with zero attached hydrogens (tertiary/aromatic N) is 3. The van der Waals surface area contributed by atoms with Gasteiger partial charge >= 0.3 is 5.91 Å². The molecule has 1 fully saturated rings. The fraction of sp³-hybridized carbons (Fsp3) is 0.217. The smallest absolute Gasteiger partial charge is 0.301 e. The molecule has 7 nitrogen and oxygen atoms in total. The summed E-state index contributed by atoms with van der Waals surface area (Å²) in [6, 6.07) is 11.2. The van der Waals surface area contributed by atoms with Gasteiger partial charge in [0, 0.05) is 17.0 Å². The van der Waals surface area contributed by atoms with Gasteiger partial charge < -0.3 is 9.84 Å². The number of hydrogen-bond acceptors (Lipinski definition) is 7. The van der Waals surface area contributed by atoms with E-state index in [9.17, 15) is 14.7 Å². The summed E-state index contributed by atoms with van der Waals surface area (Å²) >= 11 is 7.41. The predicted molar refractivity (Wildman–Crippen MR) is 121 cm³/mol. The summed E-state index contributed by atoms with van der Waals surface area (Å²) in [6.07, 6.45) is 0.743. The molecule has 0 bridgehead atoms. The molecule has 0 radical (unpaired) electrons. The Balaban J connectivity index is 1.69. The van der Waals surface area contributed by atoms with Crippen LogP contribution in [0.3, 0.4) is 0 Å². The second kappa shape index (κ2) is 7.72. The molecule has 1 aromatic heterocycles. The topological polar surface area (TPSA) is 92.6 Å². The summed E-state index contributed by atoms with van der Waals surface area (Å²) in [5.41, 5.74) is 1.95. The highest BCUT2D eigenvalue weighted by atomic mass is 35.5. The van der Waals surface area contributed by atoms with E-state index in [0.29, 0.717) is 27.6 Å². The summed E-state index contributed by atoms with van der Waals surface area (Å²) in [4.78, 5) is 27.5. The third kappa shape index (κ3) is 3.36. The Kier molecular flexibility index (Phi) is 4.98. The van der Waals surface area contributed by atoms with Gasteiger partial charge in [0.1, 0.15) is 22.6 Å². The second-order valence-electron chi connectivity index (χ2n) is 7.78. The molecule has 5 rings (SSSR count). The van der Waals surface area contributed by atoms with Crippen LogP contribution in [0.5, 0.6) is 5.75 Å². The number of hydrogen-bond donors (Lipinski definition) is 1. The van der Waals surface area contributed by atoms with Gasteiger partial charge in [-0.25, -0.2) is 0 Å². The number of fused-ring (bicyclic) bond motifs is 1. The number of aromatic nitrogens is 2. The van der Waals surface area contributed by atoms with Crippen LogP contribution in [-0.4, -0.2) is 33.1 Å². The van der Waals surface area contributed by atoms with Crippen molar-refractivity contribution in [3.05, 3.63) is 74.8 Å². The number of carbonyl (C=O) groups excluding carboxylic acids is 2. The molecule has 0 unspecified atom stereocenters. The van der Waals surface area contributed by atoms with Gasteiger partial charge in [-0.1, -0.05) is 35.1 Å². The Morgan fingerprint density at radius 1 is 1.22 bits per heavy atom. The van der Waals surface area contributed by atoms with E-state index in [-0.39, 0.29) is 22.6 Å². The fourth-order valence-electron chi connectivity index (χ4n) is 4.13. The largest absolute Gasteiger partial charge is 0.507 e. The molecule has 162 valence electrons. The Hall–Kier alpha value is -3.23. The van der Waals surface area contributed by atoms with Crippen LogP contribution in [0.25, 0.3) is 5.76 Å². The fourth-order valence-corrected chi connectivity index (χ4v) is 5.04. The summed E-state index contributed by atoms with van der Waals surface area (Å²) in [7, 11) is 0. The zero-order valence-corrected chi connectivity index (χ0v) is 18.8. The molecule has 0 aliphatic carbocycles. The summed E-state index contributed by atoms with van der Waals surface area (Å²) in [5.74, 6) is -1.05. The number of Topliss-reactive ketones (excluding diaryl/α,β-unsaturated/α-hetero) is 1. The molecular weight excluding hydrogens is 450 g/mol. The molecule has 0 saturated carbocycles. The first-order valence-corrected chi connectivity index (χ1v) is 11.2. The zero-order chi connectivity index (χ0) is 22.6. The minimum atomic E-state index is -0.885. The van der Waals surface area contributed by atoms with Crippen molar-refractivity contribution in [1.82, 2.24) is 10.2 Å². The van der Waals surface area contributed by atoms with Crippen molar-refractivity contribution in [2.45, 2.75) is 32.4 Å². The van der Waals surface area contributed by atoms with Crippen LogP contribution in [0, 0.1) is 6.92 Å². The van der Waals surface area contributed by atoms with Crippen molar-refractivity contribution in [3.8, 4) is 5.75 Å². The Bertz CT molecular complexity index is 1300. The van der Waals surface area contributed by atoms with Crippen molar-refractivity contribution >= 4 is 45.5 Å². The van der Waals surface area contributed by atoms with E-state index in [1.54, 1.807) is 49.4 Å². The van der Waals surface area contributed by atoms with E-state index in [4.69, 9.17) is 16.3 Å². The van der Waals surface area contributed by atoms with Crippen LogP contribution in [0.15, 0.2) is 48.0 Å². The summed E-state index contributed by atoms with van der Waals surface area (Å²) in [6.45, 7) is 3.73. The van der Waals surface area contributed by atoms with E-state index in [1.165, 1.54) is 16.2 Å². The van der Waals surface area contributed by atoms with Gasteiger partial charge in [0.15, 0.2) is 0 Å². The van der Waals surface area contributed by atoms with E-state index in [1.807, 2.05) is 6.92 Å². The Morgan fingerprint density at radius 2 is 2.03 bits per heavy atom. The third-order valence-electron chi connectivity index (χ3n) is 5.50. The van der Waals surface area contributed by atoms with Crippen LogP contribution >= 0.6 is 22.9 Å². The summed E-state index contributed by atoms with van der Waals surface area (Å²) in [5, 5.41) is 20.7. The molecule has 3 aromatic rings. The Labute approximate surface area is 192 Å². The standard InChI is InChI=1S/C23H18ClN3O4S/c1-11-8-15-9-14(6-7-17(15)31-11)20(28)18-19(13-4-3-5-16(24)10-13)27(22(30)21(18)29)23-26-25-12(2)32-23/h3-7,9-11,19,28H,8H2,1-2H3/b20-18+/t11-,19-/m0/s1. The lowest BCUT2D eigenvalue weighted by atomic mass is 9.94. The highest BCUT2D eigenvalue weighted by molar-refractivity contribution is 7.15. The molecule has 0 spiro atoms. The normalized spacial score (nSPS) is 21.7. The number of carbonyl (C=O) groups is 2. The average molecular weight is 468 g/mol. The van der Waals surface area contributed by atoms with Gasteiger partial charge in [-0.15, -0.1) is 10.2 Å². The van der Waals surface area contributed by atoms with E-state index in [2.05, 4.69) is 10.2 Å². The number of aliphatic hydroxyl groups is 1. The molecule has 2 atom stereocenters. The van der Waals surface area contributed by atoms with Crippen molar-refractivity contribution < 1.29 is 19.4 Å². The van der Waals surface area contributed by atoms with Gasteiger partial charge in [-0.2, -0.15) is 0 Å². The lowest BCUT2D eigenvalue weighted by molar-refractivity contribution is -0.132. The van der Waals surface area contributed by atoms with Crippen molar-refractivity contribution in [1.29, 1.82) is 0 Å². The monoisotopic (exact) mass is 467 g/mol. The van der Waals surface area contributed by atoms with Gasteiger partial charge in [0.2, 0.25) is 5.13 Å². The predicted octanol–water partition coefficient (Wildman–Crippen LogP) is 4.45. The number of benzene rings is 2. The molecule has 1 saturated heterocycles. The maximum Gasteiger partial charge on any atom is 0.301 e.